The maximum absolute atomic E-state index is 13.9. The van der Waals surface area contributed by atoms with E-state index in [4.69, 9.17) is 10.8 Å². The first kappa shape index (κ1) is 13.0. The molecule has 6 heteroatoms. The van der Waals surface area contributed by atoms with E-state index in [9.17, 15) is 9.18 Å². The first-order valence-corrected chi connectivity index (χ1v) is 6.90. The summed E-state index contributed by atoms with van der Waals surface area (Å²) in [5.74, 6) is 0.396. The van der Waals surface area contributed by atoms with Crippen molar-refractivity contribution in [3.05, 3.63) is 23.5 Å². The maximum Gasteiger partial charge on any atom is 0.337 e. The van der Waals surface area contributed by atoms with Gasteiger partial charge in [-0.25, -0.2) is 9.18 Å². The fourth-order valence-electron chi connectivity index (χ4n) is 1.99. The number of nitrogen functional groups attached to an aromatic ring is 1. The number of hydrogen-bond donors (Lipinski definition) is 2. The van der Waals surface area contributed by atoms with E-state index in [0.29, 0.717) is 5.69 Å². The highest BCUT2D eigenvalue weighted by atomic mass is 32.2. The molecule has 0 bridgehead atoms. The third-order valence-corrected chi connectivity index (χ3v) is 3.96. The van der Waals surface area contributed by atoms with Crippen molar-refractivity contribution in [3.8, 4) is 0 Å². The summed E-state index contributed by atoms with van der Waals surface area (Å²) in [6.45, 7) is 1.47. The SMILES string of the molecule is Nc1cc(F)c(N2CCCSCC2)cc1C(=O)O. The predicted molar refractivity (Wildman–Crippen MR) is 71.9 cm³/mol. The molecular formula is C12H15FN2O2S. The molecule has 0 unspecified atom stereocenters. The van der Waals surface area contributed by atoms with E-state index in [1.165, 1.54) is 6.07 Å². The number of aromatic carboxylic acids is 1. The normalized spacial score (nSPS) is 16.4. The van der Waals surface area contributed by atoms with Gasteiger partial charge < -0.3 is 15.7 Å². The lowest BCUT2D eigenvalue weighted by Gasteiger charge is -2.23. The van der Waals surface area contributed by atoms with Crippen molar-refractivity contribution in [2.24, 2.45) is 0 Å². The molecule has 0 aromatic heterocycles. The lowest BCUT2D eigenvalue weighted by Crippen LogP contribution is -2.27. The Kier molecular flexibility index (Phi) is 3.96. The highest BCUT2D eigenvalue weighted by Gasteiger charge is 2.18. The average Bonchev–Trinajstić information content (AvgIpc) is 2.57. The second-order valence-corrected chi connectivity index (χ2v) is 5.37. The summed E-state index contributed by atoms with van der Waals surface area (Å²) in [6, 6.07) is 2.43. The number of hydrogen-bond acceptors (Lipinski definition) is 4. The molecule has 0 radical (unpaired) electrons. The highest BCUT2D eigenvalue weighted by molar-refractivity contribution is 7.99. The van der Waals surface area contributed by atoms with Gasteiger partial charge in [0.25, 0.3) is 0 Å². The first-order valence-electron chi connectivity index (χ1n) is 5.74. The van der Waals surface area contributed by atoms with Gasteiger partial charge in [0.1, 0.15) is 5.82 Å². The van der Waals surface area contributed by atoms with Crippen LogP contribution in [0, 0.1) is 5.82 Å². The molecule has 98 valence electrons. The molecular weight excluding hydrogens is 255 g/mol. The van der Waals surface area contributed by atoms with E-state index in [-0.39, 0.29) is 11.3 Å². The van der Waals surface area contributed by atoms with E-state index < -0.39 is 11.8 Å². The van der Waals surface area contributed by atoms with Crippen LogP contribution in [0.3, 0.4) is 0 Å². The number of nitrogens with two attached hydrogens (primary N) is 1. The second-order valence-electron chi connectivity index (χ2n) is 4.15. The molecule has 0 saturated carbocycles. The summed E-state index contributed by atoms with van der Waals surface area (Å²) in [5, 5.41) is 9.01. The monoisotopic (exact) mass is 270 g/mol. The van der Waals surface area contributed by atoms with Crippen LogP contribution in [0.5, 0.6) is 0 Å². The topological polar surface area (TPSA) is 66.6 Å². The number of benzene rings is 1. The highest BCUT2D eigenvalue weighted by Crippen LogP contribution is 2.27. The molecule has 1 aromatic rings. The molecule has 1 aliphatic heterocycles. The number of halogens is 1. The van der Waals surface area contributed by atoms with Gasteiger partial charge in [-0.05, 0) is 24.3 Å². The Morgan fingerprint density at radius 3 is 2.89 bits per heavy atom. The molecule has 0 spiro atoms. The standard InChI is InChI=1S/C12H15FN2O2S/c13-9-7-10(14)8(12(16)17)6-11(9)15-2-1-4-18-5-3-15/h6-7H,1-5,14H2,(H,16,17). The van der Waals surface area contributed by atoms with Gasteiger partial charge in [-0.1, -0.05) is 0 Å². The van der Waals surface area contributed by atoms with E-state index in [2.05, 4.69) is 0 Å². The minimum Gasteiger partial charge on any atom is -0.478 e. The summed E-state index contributed by atoms with van der Waals surface area (Å²) in [6.07, 6.45) is 0.969. The molecule has 3 N–H and O–H groups in total. The molecule has 2 rings (SSSR count). The average molecular weight is 270 g/mol. The quantitative estimate of drug-likeness (QED) is 0.805. The Balaban J connectivity index is 2.36. The number of anilines is 2. The van der Waals surface area contributed by atoms with Crippen molar-refractivity contribution in [3.63, 3.8) is 0 Å². The van der Waals surface area contributed by atoms with Gasteiger partial charge in [0.2, 0.25) is 0 Å². The zero-order valence-electron chi connectivity index (χ0n) is 9.86. The number of carbonyl (C=O) groups is 1. The third-order valence-electron chi connectivity index (χ3n) is 2.91. The fourth-order valence-corrected chi connectivity index (χ4v) is 2.88. The lowest BCUT2D eigenvalue weighted by molar-refractivity contribution is 0.0698. The van der Waals surface area contributed by atoms with Crippen LogP contribution in [-0.4, -0.2) is 35.7 Å². The number of carboxylic acid groups (broad SMARTS) is 1. The van der Waals surface area contributed by atoms with Crippen LogP contribution < -0.4 is 10.6 Å². The minimum absolute atomic E-state index is 0.0343. The molecule has 1 fully saturated rings. The van der Waals surface area contributed by atoms with Crippen LogP contribution in [0.2, 0.25) is 0 Å². The smallest absolute Gasteiger partial charge is 0.337 e. The Morgan fingerprint density at radius 1 is 1.39 bits per heavy atom. The van der Waals surface area contributed by atoms with Crippen LogP contribution in [0.25, 0.3) is 0 Å². The number of carboxylic acids is 1. The van der Waals surface area contributed by atoms with Crippen molar-refractivity contribution in [1.82, 2.24) is 0 Å². The van der Waals surface area contributed by atoms with Gasteiger partial charge in [-0.3, -0.25) is 0 Å². The second kappa shape index (κ2) is 5.48. The number of nitrogens with zero attached hydrogens (tertiary/aromatic N) is 1. The summed E-state index contributed by atoms with van der Waals surface area (Å²) < 4.78 is 13.9. The van der Waals surface area contributed by atoms with Crippen LogP contribution in [-0.2, 0) is 0 Å². The van der Waals surface area contributed by atoms with E-state index in [0.717, 1.165) is 37.1 Å². The Labute approximate surface area is 109 Å². The maximum atomic E-state index is 13.9. The molecule has 1 heterocycles. The summed E-state index contributed by atoms with van der Waals surface area (Å²) in [4.78, 5) is 12.9. The van der Waals surface area contributed by atoms with E-state index in [1.807, 2.05) is 16.7 Å². The fraction of sp³-hybridized carbons (Fsp3) is 0.417. The van der Waals surface area contributed by atoms with E-state index in [1.54, 1.807) is 0 Å². The largest absolute Gasteiger partial charge is 0.478 e. The van der Waals surface area contributed by atoms with Crippen LogP contribution >= 0.6 is 11.8 Å². The van der Waals surface area contributed by atoms with Crippen molar-refractivity contribution in [1.29, 1.82) is 0 Å². The molecule has 0 aliphatic carbocycles. The van der Waals surface area contributed by atoms with Crippen molar-refractivity contribution in [2.45, 2.75) is 6.42 Å². The molecule has 1 saturated heterocycles. The summed E-state index contributed by atoms with van der Waals surface area (Å²) in [5.41, 5.74) is 5.77. The molecule has 1 aliphatic rings. The predicted octanol–water partition coefficient (Wildman–Crippen LogP) is 2.05. The first-order chi connectivity index (χ1) is 8.59. The number of thioether (sulfide) groups is 1. The Hall–Kier alpha value is -1.43. The number of rotatable bonds is 2. The summed E-state index contributed by atoms with van der Waals surface area (Å²) in [7, 11) is 0. The van der Waals surface area contributed by atoms with Gasteiger partial charge >= 0.3 is 5.97 Å². The van der Waals surface area contributed by atoms with E-state index >= 15 is 0 Å². The van der Waals surface area contributed by atoms with Gasteiger partial charge in [0.05, 0.1) is 11.3 Å². The zero-order valence-corrected chi connectivity index (χ0v) is 10.7. The minimum atomic E-state index is -1.13. The summed E-state index contributed by atoms with van der Waals surface area (Å²) >= 11 is 1.83. The molecule has 4 nitrogen and oxygen atoms in total. The van der Waals surface area contributed by atoms with Gasteiger partial charge in [-0.2, -0.15) is 11.8 Å². The van der Waals surface area contributed by atoms with Crippen LogP contribution in [0.4, 0.5) is 15.8 Å². The van der Waals surface area contributed by atoms with Crippen LogP contribution in [0.15, 0.2) is 12.1 Å². The van der Waals surface area contributed by atoms with Crippen molar-refractivity contribution < 1.29 is 14.3 Å². The van der Waals surface area contributed by atoms with Crippen molar-refractivity contribution in [2.75, 3.05) is 35.2 Å². The van der Waals surface area contributed by atoms with Gasteiger partial charge in [0, 0.05) is 24.5 Å². The lowest BCUT2D eigenvalue weighted by atomic mass is 10.1. The zero-order chi connectivity index (χ0) is 13.1. The Bertz CT molecular complexity index is 460. The molecule has 18 heavy (non-hydrogen) atoms. The van der Waals surface area contributed by atoms with Crippen molar-refractivity contribution >= 4 is 29.1 Å². The third kappa shape index (κ3) is 2.69. The van der Waals surface area contributed by atoms with Crippen LogP contribution in [0.1, 0.15) is 16.8 Å². The molecule has 0 atom stereocenters. The van der Waals surface area contributed by atoms with Gasteiger partial charge in [0.15, 0.2) is 0 Å². The Morgan fingerprint density at radius 2 is 2.17 bits per heavy atom. The molecule has 1 aromatic carbocycles. The van der Waals surface area contributed by atoms with Gasteiger partial charge in [-0.15, -0.1) is 0 Å². The molecule has 0 amide bonds.